The zero-order valence-electron chi connectivity index (χ0n) is 9.44. The van der Waals surface area contributed by atoms with Crippen molar-refractivity contribution >= 4 is 17.4 Å². The minimum atomic E-state index is 0.231. The first-order valence-electron chi connectivity index (χ1n) is 5.29. The van der Waals surface area contributed by atoms with Crippen LogP contribution in [0.25, 0.3) is 0 Å². The summed E-state index contributed by atoms with van der Waals surface area (Å²) in [6, 6.07) is 8.86. The van der Waals surface area contributed by atoms with E-state index in [1.165, 1.54) is 0 Å². The second-order valence-electron chi connectivity index (χ2n) is 3.85. The zero-order valence-corrected chi connectivity index (χ0v) is 10.2. The van der Waals surface area contributed by atoms with Gasteiger partial charge in [0.25, 0.3) is 0 Å². The molecule has 0 saturated carbocycles. The summed E-state index contributed by atoms with van der Waals surface area (Å²) >= 11 is 5.86. The van der Waals surface area contributed by atoms with E-state index in [1.807, 2.05) is 19.1 Å². The van der Waals surface area contributed by atoms with Gasteiger partial charge >= 0.3 is 0 Å². The van der Waals surface area contributed by atoms with E-state index in [4.69, 9.17) is 11.6 Å². The average Bonchev–Trinajstić information content (AvgIpc) is 2.32. The van der Waals surface area contributed by atoms with Gasteiger partial charge in [-0.2, -0.15) is 0 Å². The molecule has 1 aromatic heterocycles. The molecule has 0 saturated heterocycles. The third-order valence-corrected chi connectivity index (χ3v) is 2.65. The van der Waals surface area contributed by atoms with Crippen LogP contribution in [-0.4, -0.2) is 10.1 Å². The molecule has 0 atom stereocenters. The van der Waals surface area contributed by atoms with E-state index in [0.29, 0.717) is 11.6 Å². The van der Waals surface area contributed by atoms with Crippen molar-refractivity contribution in [3.8, 4) is 5.75 Å². The van der Waals surface area contributed by atoms with Crippen molar-refractivity contribution in [3.05, 3.63) is 52.7 Å². The molecule has 0 unspecified atom stereocenters. The van der Waals surface area contributed by atoms with Gasteiger partial charge in [0.05, 0.1) is 0 Å². The minimum Gasteiger partial charge on any atom is -0.508 e. The Balaban J connectivity index is 2.07. The second kappa shape index (κ2) is 5.06. The second-order valence-corrected chi connectivity index (χ2v) is 4.28. The molecule has 88 valence electrons. The average molecular weight is 249 g/mol. The smallest absolute Gasteiger partial charge is 0.126 e. The van der Waals surface area contributed by atoms with Crippen LogP contribution in [0.4, 0.5) is 5.82 Å². The fraction of sp³-hybridized carbons (Fsp3) is 0.154. The van der Waals surface area contributed by atoms with E-state index < -0.39 is 0 Å². The molecule has 4 heteroatoms. The summed E-state index contributed by atoms with van der Waals surface area (Å²) in [7, 11) is 0. The molecule has 0 spiro atoms. The first kappa shape index (κ1) is 11.7. The fourth-order valence-electron chi connectivity index (χ4n) is 1.45. The van der Waals surface area contributed by atoms with Gasteiger partial charge in [0.15, 0.2) is 0 Å². The first-order chi connectivity index (χ1) is 8.15. The van der Waals surface area contributed by atoms with Crippen molar-refractivity contribution in [1.82, 2.24) is 4.98 Å². The molecule has 0 radical (unpaired) electrons. The lowest BCUT2D eigenvalue weighted by atomic mass is 10.2. The Morgan fingerprint density at radius 2 is 2.12 bits per heavy atom. The molecule has 2 N–H and O–H groups in total. The highest BCUT2D eigenvalue weighted by molar-refractivity contribution is 6.30. The molecule has 0 amide bonds. The SMILES string of the molecule is Cc1ccc(NCc2cc(Cl)ccc2O)nc1. The Hall–Kier alpha value is -1.74. The molecular weight excluding hydrogens is 236 g/mol. The quantitative estimate of drug-likeness (QED) is 0.876. The van der Waals surface area contributed by atoms with Crippen LogP contribution in [0.15, 0.2) is 36.5 Å². The third kappa shape index (κ3) is 3.11. The molecule has 2 rings (SSSR count). The van der Waals surface area contributed by atoms with Gasteiger partial charge in [0.2, 0.25) is 0 Å². The molecule has 0 aliphatic heterocycles. The maximum absolute atomic E-state index is 9.64. The molecule has 0 aliphatic rings. The molecular formula is C13H13ClN2O. The van der Waals surface area contributed by atoms with Gasteiger partial charge in [0, 0.05) is 23.3 Å². The number of phenolic OH excluding ortho intramolecular Hbond substituents is 1. The number of hydrogen-bond donors (Lipinski definition) is 2. The number of nitrogens with zero attached hydrogens (tertiary/aromatic N) is 1. The number of aryl methyl sites for hydroxylation is 1. The first-order valence-corrected chi connectivity index (χ1v) is 5.67. The van der Waals surface area contributed by atoms with Gasteiger partial charge in [-0.05, 0) is 36.8 Å². The lowest BCUT2D eigenvalue weighted by Crippen LogP contribution is -2.01. The Kier molecular flexibility index (Phi) is 3.49. The van der Waals surface area contributed by atoms with E-state index in [2.05, 4.69) is 10.3 Å². The van der Waals surface area contributed by atoms with E-state index in [-0.39, 0.29) is 5.75 Å². The number of aromatic nitrogens is 1. The molecule has 17 heavy (non-hydrogen) atoms. The van der Waals surface area contributed by atoms with Gasteiger partial charge < -0.3 is 10.4 Å². The molecule has 0 bridgehead atoms. The fourth-order valence-corrected chi connectivity index (χ4v) is 1.65. The lowest BCUT2D eigenvalue weighted by molar-refractivity contribution is 0.469. The Morgan fingerprint density at radius 3 is 2.82 bits per heavy atom. The Morgan fingerprint density at radius 1 is 1.29 bits per heavy atom. The monoisotopic (exact) mass is 248 g/mol. The topological polar surface area (TPSA) is 45.1 Å². The highest BCUT2D eigenvalue weighted by Crippen LogP contribution is 2.22. The summed E-state index contributed by atoms with van der Waals surface area (Å²) in [6.07, 6.45) is 1.79. The van der Waals surface area contributed by atoms with Crippen LogP contribution in [0.1, 0.15) is 11.1 Å². The highest BCUT2D eigenvalue weighted by Gasteiger charge is 2.02. The lowest BCUT2D eigenvalue weighted by Gasteiger charge is -2.08. The van der Waals surface area contributed by atoms with Gasteiger partial charge in [0.1, 0.15) is 11.6 Å². The maximum Gasteiger partial charge on any atom is 0.126 e. The number of benzene rings is 1. The maximum atomic E-state index is 9.64. The van der Waals surface area contributed by atoms with Crippen LogP contribution in [0, 0.1) is 6.92 Å². The molecule has 0 fully saturated rings. The number of rotatable bonds is 3. The summed E-state index contributed by atoms with van der Waals surface area (Å²) < 4.78 is 0. The predicted octanol–water partition coefficient (Wildman–Crippen LogP) is 3.36. The van der Waals surface area contributed by atoms with Gasteiger partial charge in [-0.3, -0.25) is 0 Å². The van der Waals surface area contributed by atoms with Crippen LogP contribution in [0.2, 0.25) is 5.02 Å². The van der Waals surface area contributed by atoms with Gasteiger partial charge in [-0.1, -0.05) is 17.7 Å². The molecule has 1 aromatic carbocycles. The number of halogens is 1. The molecule has 0 aliphatic carbocycles. The standard InChI is InChI=1S/C13H13ClN2O/c1-9-2-5-13(15-7-9)16-8-10-6-11(14)3-4-12(10)17/h2-7,17H,8H2,1H3,(H,15,16). The highest BCUT2D eigenvalue weighted by atomic mass is 35.5. The van der Waals surface area contributed by atoms with E-state index in [1.54, 1.807) is 24.4 Å². The number of anilines is 1. The largest absolute Gasteiger partial charge is 0.508 e. The van der Waals surface area contributed by atoms with Gasteiger partial charge in [-0.15, -0.1) is 0 Å². The van der Waals surface area contributed by atoms with E-state index >= 15 is 0 Å². The number of hydrogen-bond acceptors (Lipinski definition) is 3. The summed E-state index contributed by atoms with van der Waals surface area (Å²) in [6.45, 7) is 2.47. The number of phenols is 1. The summed E-state index contributed by atoms with van der Waals surface area (Å²) in [4.78, 5) is 4.22. The van der Waals surface area contributed by atoms with Crippen LogP contribution in [-0.2, 0) is 6.54 Å². The van der Waals surface area contributed by atoms with Crippen molar-refractivity contribution in [3.63, 3.8) is 0 Å². The van der Waals surface area contributed by atoms with Crippen LogP contribution in [0.5, 0.6) is 5.75 Å². The summed E-state index contributed by atoms with van der Waals surface area (Å²) in [5.41, 5.74) is 1.86. The predicted molar refractivity (Wildman–Crippen MR) is 69.4 cm³/mol. The molecule has 2 aromatic rings. The third-order valence-electron chi connectivity index (χ3n) is 2.41. The molecule has 3 nitrogen and oxygen atoms in total. The number of nitrogens with one attached hydrogen (secondary N) is 1. The Bertz CT molecular complexity index is 511. The van der Waals surface area contributed by atoms with E-state index in [9.17, 15) is 5.11 Å². The van der Waals surface area contributed by atoms with Crippen molar-refractivity contribution in [2.45, 2.75) is 13.5 Å². The van der Waals surface area contributed by atoms with Crippen molar-refractivity contribution in [2.75, 3.05) is 5.32 Å². The van der Waals surface area contributed by atoms with E-state index in [0.717, 1.165) is 16.9 Å². The molecule has 1 heterocycles. The van der Waals surface area contributed by atoms with Crippen molar-refractivity contribution in [1.29, 1.82) is 0 Å². The van der Waals surface area contributed by atoms with Crippen LogP contribution in [0.3, 0.4) is 0 Å². The summed E-state index contributed by atoms with van der Waals surface area (Å²) in [5.74, 6) is 1.00. The van der Waals surface area contributed by atoms with Gasteiger partial charge in [-0.25, -0.2) is 4.98 Å². The zero-order chi connectivity index (χ0) is 12.3. The number of pyridine rings is 1. The van der Waals surface area contributed by atoms with Crippen LogP contribution < -0.4 is 5.32 Å². The summed E-state index contributed by atoms with van der Waals surface area (Å²) in [5, 5.41) is 13.4. The van der Waals surface area contributed by atoms with Crippen LogP contribution >= 0.6 is 11.6 Å². The Labute approximate surface area is 105 Å². The van der Waals surface area contributed by atoms with Crippen molar-refractivity contribution in [2.24, 2.45) is 0 Å². The minimum absolute atomic E-state index is 0.231. The van der Waals surface area contributed by atoms with Crippen molar-refractivity contribution < 1.29 is 5.11 Å². The normalized spacial score (nSPS) is 10.2. The number of aromatic hydroxyl groups is 1.